The molecule has 0 bridgehead atoms. The highest BCUT2D eigenvalue weighted by atomic mass is 19.1. The lowest BCUT2D eigenvalue weighted by atomic mass is 10.2. The molecule has 2 aromatic rings. The Balaban J connectivity index is 1.53. The molecular formula is C19H19FN2O4. The van der Waals surface area contributed by atoms with E-state index in [0.29, 0.717) is 11.4 Å². The van der Waals surface area contributed by atoms with Gasteiger partial charge in [-0.2, -0.15) is 0 Å². The number of rotatable bonds is 6. The molecule has 0 spiro atoms. The first-order chi connectivity index (χ1) is 12.6. The van der Waals surface area contributed by atoms with Gasteiger partial charge in [-0.3, -0.25) is 14.5 Å². The van der Waals surface area contributed by atoms with Crippen molar-refractivity contribution in [2.75, 3.05) is 24.6 Å². The second-order valence-corrected chi connectivity index (χ2v) is 5.78. The highest BCUT2D eigenvalue weighted by Gasteiger charge is 2.32. The van der Waals surface area contributed by atoms with Crippen LogP contribution in [-0.4, -0.2) is 37.6 Å². The van der Waals surface area contributed by atoms with E-state index >= 15 is 0 Å². The van der Waals surface area contributed by atoms with Crippen molar-refractivity contribution in [3.8, 4) is 11.5 Å². The quantitative estimate of drug-likeness (QED) is 0.804. The minimum Gasteiger partial charge on any atom is -0.489 e. The van der Waals surface area contributed by atoms with Crippen LogP contribution in [0.4, 0.5) is 10.1 Å². The highest BCUT2D eigenvalue weighted by Crippen LogP contribution is 2.33. The third-order valence-corrected chi connectivity index (χ3v) is 3.89. The fraction of sp³-hybridized carbons (Fsp3) is 0.263. The van der Waals surface area contributed by atoms with E-state index in [-0.39, 0.29) is 37.3 Å². The number of hydrogen-bond acceptors (Lipinski definition) is 4. The average molecular weight is 358 g/mol. The third kappa shape index (κ3) is 3.93. The second kappa shape index (κ2) is 7.86. The van der Waals surface area contributed by atoms with E-state index in [1.54, 1.807) is 43.3 Å². The van der Waals surface area contributed by atoms with Gasteiger partial charge in [-0.1, -0.05) is 24.3 Å². The molecule has 2 aromatic carbocycles. The Morgan fingerprint density at radius 1 is 1.23 bits per heavy atom. The van der Waals surface area contributed by atoms with Gasteiger partial charge < -0.3 is 14.8 Å². The van der Waals surface area contributed by atoms with Gasteiger partial charge in [-0.15, -0.1) is 0 Å². The predicted octanol–water partition coefficient (Wildman–Crippen LogP) is 2.13. The lowest BCUT2D eigenvalue weighted by Crippen LogP contribution is -2.49. The van der Waals surface area contributed by atoms with Gasteiger partial charge in [0.05, 0.1) is 12.2 Å². The zero-order valence-electron chi connectivity index (χ0n) is 14.3. The number of nitrogens with one attached hydrogen (secondary N) is 1. The first-order valence-electron chi connectivity index (χ1n) is 8.27. The molecule has 1 aliphatic rings. The number of amides is 2. The van der Waals surface area contributed by atoms with Crippen molar-refractivity contribution in [3.05, 3.63) is 54.3 Å². The van der Waals surface area contributed by atoms with Crippen LogP contribution in [0.2, 0.25) is 0 Å². The number of nitrogens with zero attached hydrogens (tertiary/aromatic N) is 1. The number of anilines is 1. The number of fused-ring (bicyclic) bond motifs is 1. The van der Waals surface area contributed by atoms with Gasteiger partial charge in [0.25, 0.3) is 5.91 Å². The minimum absolute atomic E-state index is 0.122. The summed E-state index contributed by atoms with van der Waals surface area (Å²) >= 11 is 0. The summed E-state index contributed by atoms with van der Waals surface area (Å²) in [6, 6.07) is 13.1. The van der Waals surface area contributed by atoms with Gasteiger partial charge in [0, 0.05) is 0 Å². The summed E-state index contributed by atoms with van der Waals surface area (Å²) in [6.07, 6.45) is -0.651. The van der Waals surface area contributed by atoms with Crippen molar-refractivity contribution >= 4 is 17.5 Å². The van der Waals surface area contributed by atoms with E-state index in [1.807, 2.05) is 0 Å². The number of ether oxygens (including phenoxy) is 2. The highest BCUT2D eigenvalue weighted by molar-refractivity contribution is 6.03. The molecule has 1 heterocycles. The summed E-state index contributed by atoms with van der Waals surface area (Å²) in [4.78, 5) is 25.9. The van der Waals surface area contributed by atoms with Crippen LogP contribution < -0.4 is 19.7 Å². The summed E-state index contributed by atoms with van der Waals surface area (Å²) in [5.74, 6) is -0.368. The number of para-hydroxylation sites is 3. The van der Waals surface area contributed by atoms with Gasteiger partial charge in [0.1, 0.15) is 18.9 Å². The molecule has 3 rings (SSSR count). The van der Waals surface area contributed by atoms with E-state index in [9.17, 15) is 14.0 Å². The molecule has 0 saturated heterocycles. The molecule has 0 aromatic heterocycles. The van der Waals surface area contributed by atoms with Crippen molar-refractivity contribution in [2.45, 2.75) is 13.0 Å². The predicted molar refractivity (Wildman–Crippen MR) is 93.8 cm³/mol. The smallest absolute Gasteiger partial charge is 0.268 e. The molecule has 0 aliphatic carbocycles. The summed E-state index contributed by atoms with van der Waals surface area (Å²) < 4.78 is 24.3. The van der Waals surface area contributed by atoms with Gasteiger partial charge >= 0.3 is 0 Å². The van der Waals surface area contributed by atoms with Crippen molar-refractivity contribution in [1.29, 1.82) is 0 Å². The SMILES string of the molecule is CC1Oc2ccccc2N(CC(=O)NCCOc2ccccc2F)C1=O. The van der Waals surface area contributed by atoms with Crippen LogP contribution in [-0.2, 0) is 9.59 Å². The van der Waals surface area contributed by atoms with Crippen LogP contribution in [0.25, 0.3) is 0 Å². The van der Waals surface area contributed by atoms with Crippen LogP contribution >= 0.6 is 0 Å². The Kier molecular flexibility index (Phi) is 5.36. The standard InChI is InChI=1S/C19H19FN2O4/c1-13-19(24)22(15-7-3-5-9-17(15)26-13)12-18(23)21-10-11-25-16-8-4-2-6-14(16)20/h2-9,13H,10-12H2,1H3,(H,21,23). The molecule has 6 nitrogen and oxygen atoms in total. The van der Waals surface area contributed by atoms with E-state index in [1.165, 1.54) is 17.0 Å². The zero-order chi connectivity index (χ0) is 18.5. The van der Waals surface area contributed by atoms with E-state index in [4.69, 9.17) is 9.47 Å². The van der Waals surface area contributed by atoms with E-state index in [0.717, 1.165) is 0 Å². The zero-order valence-corrected chi connectivity index (χ0v) is 14.3. The number of hydrogen-bond donors (Lipinski definition) is 1. The maximum Gasteiger partial charge on any atom is 0.268 e. The molecule has 1 unspecified atom stereocenters. The normalized spacial score (nSPS) is 15.8. The summed E-state index contributed by atoms with van der Waals surface area (Å²) in [6.45, 7) is 1.84. The molecule has 0 fully saturated rings. The molecule has 2 amide bonds. The number of carbonyl (C=O) groups excluding carboxylic acids is 2. The molecule has 0 radical (unpaired) electrons. The minimum atomic E-state index is -0.651. The summed E-state index contributed by atoms with van der Waals surface area (Å²) in [5, 5.41) is 2.66. The Labute approximate surface area is 150 Å². The fourth-order valence-electron chi connectivity index (χ4n) is 2.63. The van der Waals surface area contributed by atoms with Crippen molar-refractivity contribution in [1.82, 2.24) is 5.32 Å². The molecule has 7 heteroatoms. The molecular weight excluding hydrogens is 339 g/mol. The molecule has 1 aliphatic heterocycles. The maximum absolute atomic E-state index is 13.4. The van der Waals surface area contributed by atoms with Crippen molar-refractivity contribution in [2.24, 2.45) is 0 Å². The van der Waals surface area contributed by atoms with Crippen LogP contribution in [0.5, 0.6) is 11.5 Å². The second-order valence-electron chi connectivity index (χ2n) is 5.78. The fourth-order valence-corrected chi connectivity index (χ4v) is 2.63. The van der Waals surface area contributed by atoms with Crippen LogP contribution in [0.1, 0.15) is 6.92 Å². The topological polar surface area (TPSA) is 67.9 Å². The lowest BCUT2D eigenvalue weighted by molar-refractivity contribution is -0.128. The molecule has 136 valence electrons. The third-order valence-electron chi connectivity index (χ3n) is 3.89. The van der Waals surface area contributed by atoms with Crippen LogP contribution in [0.15, 0.2) is 48.5 Å². The Hall–Kier alpha value is -3.09. The Bertz CT molecular complexity index is 812. The van der Waals surface area contributed by atoms with E-state index in [2.05, 4.69) is 5.32 Å². The van der Waals surface area contributed by atoms with Gasteiger partial charge in [-0.25, -0.2) is 4.39 Å². The van der Waals surface area contributed by atoms with Gasteiger partial charge in [0.2, 0.25) is 5.91 Å². The summed E-state index contributed by atoms with van der Waals surface area (Å²) in [7, 11) is 0. The molecule has 26 heavy (non-hydrogen) atoms. The maximum atomic E-state index is 13.4. The molecule has 0 saturated carbocycles. The monoisotopic (exact) mass is 358 g/mol. The first kappa shape index (κ1) is 17.7. The average Bonchev–Trinajstić information content (AvgIpc) is 2.64. The number of halogens is 1. The summed E-state index contributed by atoms with van der Waals surface area (Å²) in [5.41, 5.74) is 0.563. The number of benzene rings is 2. The van der Waals surface area contributed by atoms with Crippen molar-refractivity contribution < 1.29 is 23.5 Å². The van der Waals surface area contributed by atoms with Crippen LogP contribution in [0, 0.1) is 5.82 Å². The number of carbonyl (C=O) groups is 2. The Morgan fingerprint density at radius 3 is 2.77 bits per heavy atom. The molecule has 1 N–H and O–H groups in total. The molecule has 1 atom stereocenters. The van der Waals surface area contributed by atoms with Gasteiger partial charge in [-0.05, 0) is 31.2 Å². The Morgan fingerprint density at radius 2 is 1.96 bits per heavy atom. The lowest BCUT2D eigenvalue weighted by Gasteiger charge is -2.32. The van der Waals surface area contributed by atoms with Crippen LogP contribution in [0.3, 0.4) is 0 Å². The first-order valence-corrected chi connectivity index (χ1v) is 8.27. The largest absolute Gasteiger partial charge is 0.489 e. The van der Waals surface area contributed by atoms with Gasteiger partial charge in [0.15, 0.2) is 17.7 Å². The van der Waals surface area contributed by atoms with E-state index < -0.39 is 11.9 Å². The van der Waals surface area contributed by atoms with Crippen molar-refractivity contribution in [3.63, 3.8) is 0 Å².